The number of para-hydroxylation sites is 3. The summed E-state index contributed by atoms with van der Waals surface area (Å²) in [6, 6.07) is 25.0. The van der Waals surface area contributed by atoms with Crippen LogP contribution in [0.25, 0.3) is 33.4 Å². The second-order valence-electron chi connectivity index (χ2n) is 6.95. The van der Waals surface area contributed by atoms with Gasteiger partial charge in [0.15, 0.2) is 0 Å². The maximum Gasteiger partial charge on any atom is 0.230 e. The fraction of sp³-hybridized carbons (Fsp3) is 0.0417. The third-order valence-electron chi connectivity index (χ3n) is 4.72. The lowest BCUT2D eigenvalue weighted by atomic mass is 10.2. The number of hydrogen-bond acceptors (Lipinski definition) is 4. The van der Waals surface area contributed by atoms with Crippen molar-refractivity contribution in [2.24, 2.45) is 4.99 Å². The van der Waals surface area contributed by atoms with Gasteiger partial charge in [0.25, 0.3) is 0 Å². The SMILES string of the molecule is CC(=O)Nc1ccc(N=c2oc3ccccc3cc2-c2nc3ccccc3[nH]2)cc1. The molecule has 30 heavy (non-hydrogen) atoms. The van der Waals surface area contributed by atoms with Gasteiger partial charge in [-0.15, -0.1) is 0 Å². The Balaban J connectivity index is 1.69. The molecule has 0 saturated heterocycles. The molecule has 0 bridgehead atoms. The molecule has 3 aromatic carbocycles. The molecule has 0 saturated carbocycles. The van der Waals surface area contributed by atoms with Gasteiger partial charge in [-0.2, -0.15) is 0 Å². The van der Waals surface area contributed by atoms with Gasteiger partial charge in [-0.25, -0.2) is 9.98 Å². The first-order valence-corrected chi connectivity index (χ1v) is 9.56. The zero-order chi connectivity index (χ0) is 20.5. The first kappa shape index (κ1) is 17.9. The van der Waals surface area contributed by atoms with Crippen molar-refractivity contribution < 1.29 is 9.21 Å². The standard InChI is InChI=1S/C24H18N4O2/c1-15(29)25-17-10-12-18(13-11-17)26-24-19(14-16-6-2-5-9-22(16)30-24)23-27-20-7-3-4-8-21(20)28-23/h2-14H,1H3,(H,25,29)(H,27,28). The molecule has 0 aliphatic heterocycles. The van der Waals surface area contributed by atoms with E-state index in [9.17, 15) is 4.79 Å². The van der Waals surface area contributed by atoms with Crippen LogP contribution in [0.1, 0.15) is 6.92 Å². The number of H-pyrrole nitrogens is 1. The highest BCUT2D eigenvalue weighted by Crippen LogP contribution is 2.23. The third-order valence-corrected chi connectivity index (χ3v) is 4.72. The minimum Gasteiger partial charge on any atom is -0.438 e. The molecule has 0 spiro atoms. The van der Waals surface area contributed by atoms with Gasteiger partial charge < -0.3 is 14.7 Å². The summed E-state index contributed by atoms with van der Waals surface area (Å²) < 4.78 is 6.15. The van der Waals surface area contributed by atoms with Crippen LogP contribution < -0.4 is 10.9 Å². The third kappa shape index (κ3) is 3.46. The molecule has 6 nitrogen and oxygen atoms in total. The van der Waals surface area contributed by atoms with E-state index in [4.69, 9.17) is 14.4 Å². The van der Waals surface area contributed by atoms with Crippen LogP contribution in [0, 0.1) is 0 Å². The predicted octanol–water partition coefficient (Wildman–Crippen LogP) is 5.17. The van der Waals surface area contributed by atoms with Crippen molar-refractivity contribution in [3.8, 4) is 11.4 Å². The number of aromatic amines is 1. The second kappa shape index (κ2) is 7.33. The number of fused-ring (bicyclic) bond motifs is 2. The summed E-state index contributed by atoms with van der Waals surface area (Å²) in [7, 11) is 0. The van der Waals surface area contributed by atoms with Crippen molar-refractivity contribution in [3.63, 3.8) is 0 Å². The van der Waals surface area contributed by atoms with Crippen LogP contribution in [0.3, 0.4) is 0 Å². The van der Waals surface area contributed by atoms with Crippen molar-refractivity contribution in [1.82, 2.24) is 9.97 Å². The molecule has 2 heterocycles. The first-order chi connectivity index (χ1) is 14.7. The Hall–Kier alpha value is -4.19. The average Bonchev–Trinajstić information content (AvgIpc) is 3.18. The Labute approximate surface area is 171 Å². The number of hydrogen-bond donors (Lipinski definition) is 2. The number of carbonyl (C=O) groups excluding carboxylic acids is 1. The molecule has 0 aliphatic rings. The largest absolute Gasteiger partial charge is 0.438 e. The van der Waals surface area contributed by atoms with Crippen molar-refractivity contribution in [2.75, 3.05) is 5.32 Å². The molecule has 5 rings (SSSR count). The van der Waals surface area contributed by atoms with Crippen molar-refractivity contribution in [3.05, 3.63) is 84.4 Å². The van der Waals surface area contributed by atoms with E-state index in [0.717, 1.165) is 33.3 Å². The van der Waals surface area contributed by atoms with Crippen molar-refractivity contribution >= 4 is 39.3 Å². The minimum atomic E-state index is -0.114. The van der Waals surface area contributed by atoms with E-state index in [1.54, 1.807) is 0 Å². The number of rotatable bonds is 3. The zero-order valence-corrected chi connectivity index (χ0v) is 16.2. The van der Waals surface area contributed by atoms with Crippen LogP contribution in [0.2, 0.25) is 0 Å². The normalized spacial score (nSPS) is 11.8. The highest BCUT2D eigenvalue weighted by Gasteiger charge is 2.11. The van der Waals surface area contributed by atoms with E-state index >= 15 is 0 Å². The Morgan fingerprint density at radius 2 is 1.77 bits per heavy atom. The van der Waals surface area contributed by atoms with Crippen molar-refractivity contribution in [1.29, 1.82) is 0 Å². The topological polar surface area (TPSA) is 83.3 Å². The van der Waals surface area contributed by atoms with Crippen LogP contribution in [-0.4, -0.2) is 15.9 Å². The summed E-state index contributed by atoms with van der Waals surface area (Å²) >= 11 is 0. The van der Waals surface area contributed by atoms with Gasteiger partial charge in [0.2, 0.25) is 11.5 Å². The van der Waals surface area contributed by atoms with Crippen LogP contribution in [0.15, 0.2) is 88.3 Å². The van der Waals surface area contributed by atoms with Gasteiger partial charge in [-0.05, 0) is 48.5 Å². The fourth-order valence-corrected chi connectivity index (χ4v) is 3.34. The van der Waals surface area contributed by atoms with Crippen LogP contribution in [0.4, 0.5) is 11.4 Å². The molecule has 2 aromatic heterocycles. The molecule has 5 aromatic rings. The number of imidazole rings is 1. The van der Waals surface area contributed by atoms with E-state index in [1.165, 1.54) is 6.92 Å². The summed E-state index contributed by atoms with van der Waals surface area (Å²) in [5, 5.41) is 3.72. The lowest BCUT2D eigenvalue weighted by Crippen LogP contribution is -2.07. The van der Waals surface area contributed by atoms with E-state index in [-0.39, 0.29) is 5.91 Å². The summed E-state index contributed by atoms with van der Waals surface area (Å²) in [6.45, 7) is 1.48. The molecule has 0 fully saturated rings. The number of anilines is 1. The summed E-state index contributed by atoms with van der Waals surface area (Å²) in [4.78, 5) is 24.0. The summed E-state index contributed by atoms with van der Waals surface area (Å²) in [5.41, 5.74) is 5.23. The van der Waals surface area contributed by atoms with E-state index in [1.807, 2.05) is 78.9 Å². The van der Waals surface area contributed by atoms with E-state index in [0.29, 0.717) is 17.1 Å². The van der Waals surface area contributed by atoms with Crippen molar-refractivity contribution in [2.45, 2.75) is 6.92 Å². The van der Waals surface area contributed by atoms with Crippen LogP contribution in [0.5, 0.6) is 0 Å². The second-order valence-corrected chi connectivity index (χ2v) is 6.95. The molecule has 0 radical (unpaired) electrons. The Bertz CT molecular complexity index is 1410. The van der Waals surface area contributed by atoms with Gasteiger partial charge in [0, 0.05) is 18.0 Å². The van der Waals surface area contributed by atoms with Gasteiger partial charge in [-0.1, -0.05) is 30.3 Å². The highest BCUT2D eigenvalue weighted by atomic mass is 16.3. The number of aromatic nitrogens is 2. The molecule has 0 aliphatic carbocycles. The molecule has 0 atom stereocenters. The van der Waals surface area contributed by atoms with Gasteiger partial charge >= 0.3 is 0 Å². The summed E-state index contributed by atoms with van der Waals surface area (Å²) in [5.74, 6) is 0.579. The van der Waals surface area contributed by atoms with Gasteiger partial charge in [0.1, 0.15) is 11.4 Å². The molecule has 2 N–H and O–H groups in total. The Kier molecular flexibility index (Phi) is 4.37. The maximum atomic E-state index is 11.2. The van der Waals surface area contributed by atoms with E-state index in [2.05, 4.69) is 10.3 Å². The minimum absolute atomic E-state index is 0.114. The van der Waals surface area contributed by atoms with Crippen LogP contribution >= 0.6 is 0 Å². The van der Waals surface area contributed by atoms with Gasteiger partial charge in [-0.3, -0.25) is 4.79 Å². The molecule has 1 amide bonds. The monoisotopic (exact) mass is 394 g/mol. The fourth-order valence-electron chi connectivity index (χ4n) is 3.34. The average molecular weight is 394 g/mol. The lowest BCUT2D eigenvalue weighted by molar-refractivity contribution is -0.114. The number of benzene rings is 3. The molecular formula is C24H18N4O2. The first-order valence-electron chi connectivity index (χ1n) is 9.56. The van der Waals surface area contributed by atoms with Gasteiger partial charge in [0.05, 0.1) is 22.3 Å². The quantitative estimate of drug-likeness (QED) is 0.443. The number of amides is 1. The molecule has 0 unspecified atom stereocenters. The predicted molar refractivity (Wildman–Crippen MR) is 117 cm³/mol. The smallest absolute Gasteiger partial charge is 0.230 e. The molecule has 146 valence electrons. The highest BCUT2D eigenvalue weighted by molar-refractivity contribution is 5.88. The number of nitrogens with zero attached hydrogens (tertiary/aromatic N) is 2. The zero-order valence-electron chi connectivity index (χ0n) is 16.2. The number of nitrogens with one attached hydrogen (secondary N) is 2. The maximum absolute atomic E-state index is 11.2. The molecule has 6 heteroatoms. The lowest BCUT2D eigenvalue weighted by Gasteiger charge is -2.04. The molecular weight excluding hydrogens is 376 g/mol. The van der Waals surface area contributed by atoms with E-state index < -0.39 is 0 Å². The Morgan fingerprint density at radius 1 is 1.00 bits per heavy atom. The Morgan fingerprint density at radius 3 is 2.57 bits per heavy atom. The summed E-state index contributed by atoms with van der Waals surface area (Å²) in [6.07, 6.45) is 0. The van der Waals surface area contributed by atoms with Crippen LogP contribution in [-0.2, 0) is 4.79 Å². The number of carbonyl (C=O) groups is 1.